The number of aromatic nitrogens is 2. The topological polar surface area (TPSA) is 38.1 Å². The van der Waals surface area contributed by atoms with Crippen molar-refractivity contribution in [2.45, 2.75) is 39.7 Å². The Morgan fingerprint density at radius 3 is 2.61 bits per heavy atom. The van der Waals surface area contributed by atoms with E-state index >= 15 is 0 Å². The van der Waals surface area contributed by atoms with Crippen molar-refractivity contribution in [2.24, 2.45) is 0 Å². The van der Waals surface area contributed by atoms with Crippen molar-refractivity contribution in [3.63, 3.8) is 0 Å². The zero-order valence-corrected chi connectivity index (χ0v) is 13.2. The van der Waals surface area contributed by atoms with Crippen molar-refractivity contribution in [2.75, 3.05) is 23.3 Å². The molecule has 0 unspecified atom stereocenters. The molecule has 0 aliphatic rings. The SMILES string of the molecule is CCN(CCCBr)c1nccn(C(C)(C)C)c1=O. The molecule has 0 bridgehead atoms. The number of hydrogen-bond donors (Lipinski definition) is 0. The van der Waals surface area contributed by atoms with Crippen LogP contribution in [0, 0.1) is 0 Å². The summed E-state index contributed by atoms with van der Waals surface area (Å²) in [6, 6.07) is 0. The van der Waals surface area contributed by atoms with Gasteiger partial charge in [0.15, 0.2) is 5.82 Å². The molecule has 4 nitrogen and oxygen atoms in total. The third-order valence-electron chi connectivity index (χ3n) is 2.79. The highest BCUT2D eigenvalue weighted by Crippen LogP contribution is 2.12. The van der Waals surface area contributed by atoms with Crippen molar-refractivity contribution in [1.82, 2.24) is 9.55 Å². The van der Waals surface area contributed by atoms with Gasteiger partial charge in [-0.1, -0.05) is 15.9 Å². The van der Waals surface area contributed by atoms with Crippen LogP contribution < -0.4 is 10.5 Å². The van der Waals surface area contributed by atoms with E-state index in [4.69, 9.17) is 0 Å². The second kappa shape index (κ2) is 6.36. The summed E-state index contributed by atoms with van der Waals surface area (Å²) in [5.74, 6) is 0.552. The Hall–Kier alpha value is -0.840. The normalized spacial score (nSPS) is 11.6. The van der Waals surface area contributed by atoms with Gasteiger partial charge >= 0.3 is 0 Å². The standard InChI is InChI=1S/C13H22BrN3O/c1-5-16(9-6-7-14)11-12(18)17(10-8-15-11)13(2,3)4/h8,10H,5-7,9H2,1-4H3. The van der Waals surface area contributed by atoms with Crippen LogP contribution in [0.4, 0.5) is 5.82 Å². The molecule has 5 heteroatoms. The molecule has 0 saturated heterocycles. The highest BCUT2D eigenvalue weighted by Gasteiger charge is 2.18. The zero-order chi connectivity index (χ0) is 13.8. The van der Waals surface area contributed by atoms with Gasteiger partial charge in [0.05, 0.1) is 0 Å². The van der Waals surface area contributed by atoms with Crippen LogP contribution in [0.15, 0.2) is 17.2 Å². The Labute approximate surface area is 117 Å². The molecular formula is C13H22BrN3O. The van der Waals surface area contributed by atoms with Crippen molar-refractivity contribution in [3.8, 4) is 0 Å². The van der Waals surface area contributed by atoms with Crippen molar-refractivity contribution in [1.29, 1.82) is 0 Å². The molecular weight excluding hydrogens is 294 g/mol. The van der Waals surface area contributed by atoms with E-state index in [0.29, 0.717) is 5.82 Å². The number of hydrogen-bond acceptors (Lipinski definition) is 3. The molecule has 0 saturated carbocycles. The number of alkyl halides is 1. The minimum absolute atomic E-state index is 0.0126. The quantitative estimate of drug-likeness (QED) is 0.784. The molecule has 1 aromatic rings. The molecule has 0 aliphatic carbocycles. The van der Waals surface area contributed by atoms with E-state index in [2.05, 4.69) is 20.9 Å². The van der Waals surface area contributed by atoms with Crippen LogP contribution in [-0.2, 0) is 5.54 Å². The maximum Gasteiger partial charge on any atom is 0.293 e. The van der Waals surface area contributed by atoms with Gasteiger partial charge in [0.1, 0.15) is 0 Å². The van der Waals surface area contributed by atoms with E-state index in [0.717, 1.165) is 24.8 Å². The van der Waals surface area contributed by atoms with E-state index in [1.165, 1.54) is 0 Å². The Kier molecular flexibility index (Phi) is 5.38. The van der Waals surface area contributed by atoms with E-state index < -0.39 is 0 Å². The fourth-order valence-electron chi connectivity index (χ4n) is 1.81. The molecule has 1 rings (SSSR count). The average molecular weight is 316 g/mol. The first-order valence-corrected chi connectivity index (χ1v) is 7.43. The molecule has 0 amide bonds. The molecule has 18 heavy (non-hydrogen) atoms. The van der Waals surface area contributed by atoms with Gasteiger partial charge in [-0.25, -0.2) is 4.98 Å². The van der Waals surface area contributed by atoms with Crippen LogP contribution in [0.25, 0.3) is 0 Å². The van der Waals surface area contributed by atoms with Crippen LogP contribution in [0.1, 0.15) is 34.1 Å². The molecule has 1 aromatic heterocycles. The van der Waals surface area contributed by atoms with Gasteiger partial charge in [0, 0.05) is 36.4 Å². The summed E-state index contributed by atoms with van der Waals surface area (Å²) in [7, 11) is 0. The zero-order valence-electron chi connectivity index (χ0n) is 11.6. The second-order valence-electron chi connectivity index (χ2n) is 5.22. The highest BCUT2D eigenvalue weighted by atomic mass is 79.9. The molecule has 0 atom stereocenters. The predicted octanol–water partition coefficient (Wildman–Crippen LogP) is 2.61. The third kappa shape index (κ3) is 3.57. The minimum atomic E-state index is -0.219. The number of nitrogens with zero attached hydrogens (tertiary/aromatic N) is 3. The summed E-state index contributed by atoms with van der Waals surface area (Å²) in [6.07, 6.45) is 4.46. The fraction of sp³-hybridized carbons (Fsp3) is 0.692. The number of halogens is 1. The van der Waals surface area contributed by atoms with Crippen LogP contribution >= 0.6 is 15.9 Å². The largest absolute Gasteiger partial charge is 0.352 e. The van der Waals surface area contributed by atoms with Gasteiger partial charge in [-0.3, -0.25) is 4.79 Å². The molecule has 0 N–H and O–H groups in total. The maximum atomic E-state index is 12.4. The summed E-state index contributed by atoms with van der Waals surface area (Å²) < 4.78 is 1.74. The van der Waals surface area contributed by atoms with Gasteiger partial charge in [0.25, 0.3) is 5.56 Å². The number of rotatable bonds is 5. The molecule has 0 fully saturated rings. The smallest absolute Gasteiger partial charge is 0.293 e. The summed E-state index contributed by atoms with van der Waals surface area (Å²) in [5, 5.41) is 0.934. The first-order valence-electron chi connectivity index (χ1n) is 6.31. The van der Waals surface area contributed by atoms with Crippen LogP contribution in [0.2, 0.25) is 0 Å². The van der Waals surface area contributed by atoms with E-state index in [-0.39, 0.29) is 11.1 Å². The van der Waals surface area contributed by atoms with Gasteiger partial charge < -0.3 is 9.47 Å². The van der Waals surface area contributed by atoms with E-state index in [1.807, 2.05) is 32.6 Å². The van der Waals surface area contributed by atoms with Crippen molar-refractivity contribution >= 4 is 21.7 Å². The molecule has 1 heterocycles. The molecule has 0 radical (unpaired) electrons. The minimum Gasteiger partial charge on any atom is -0.352 e. The van der Waals surface area contributed by atoms with Crippen molar-refractivity contribution in [3.05, 3.63) is 22.7 Å². The molecule has 0 spiro atoms. The van der Waals surface area contributed by atoms with Crippen molar-refractivity contribution < 1.29 is 0 Å². The Morgan fingerprint density at radius 2 is 2.11 bits per heavy atom. The van der Waals surface area contributed by atoms with Gasteiger partial charge in [0.2, 0.25) is 0 Å². The predicted molar refractivity (Wildman–Crippen MR) is 79.8 cm³/mol. The highest BCUT2D eigenvalue weighted by molar-refractivity contribution is 9.09. The Morgan fingerprint density at radius 1 is 1.44 bits per heavy atom. The lowest BCUT2D eigenvalue weighted by Crippen LogP contribution is -2.39. The maximum absolute atomic E-state index is 12.4. The van der Waals surface area contributed by atoms with Crippen LogP contribution in [0.5, 0.6) is 0 Å². The average Bonchev–Trinajstić information content (AvgIpc) is 2.30. The van der Waals surface area contributed by atoms with Crippen LogP contribution in [-0.4, -0.2) is 28.0 Å². The Bertz CT molecular complexity index is 437. The summed E-state index contributed by atoms with van der Waals surface area (Å²) in [4.78, 5) is 18.7. The Balaban J connectivity index is 3.13. The first-order chi connectivity index (χ1) is 8.41. The molecule has 102 valence electrons. The lowest BCUT2D eigenvalue weighted by Gasteiger charge is -2.26. The first kappa shape index (κ1) is 15.2. The summed E-state index contributed by atoms with van der Waals surface area (Å²) >= 11 is 3.41. The summed E-state index contributed by atoms with van der Waals surface area (Å²) in [5.41, 5.74) is -0.231. The molecule has 0 aromatic carbocycles. The molecule has 0 aliphatic heterocycles. The van der Waals surface area contributed by atoms with Gasteiger partial charge in [-0.05, 0) is 34.1 Å². The fourth-order valence-corrected chi connectivity index (χ4v) is 2.06. The summed E-state index contributed by atoms with van der Waals surface area (Å²) in [6.45, 7) is 9.75. The monoisotopic (exact) mass is 315 g/mol. The second-order valence-corrected chi connectivity index (χ2v) is 6.01. The van der Waals surface area contributed by atoms with Crippen LogP contribution in [0.3, 0.4) is 0 Å². The number of anilines is 1. The van der Waals surface area contributed by atoms with E-state index in [1.54, 1.807) is 17.0 Å². The third-order valence-corrected chi connectivity index (χ3v) is 3.35. The lowest BCUT2D eigenvalue weighted by atomic mass is 10.1. The van der Waals surface area contributed by atoms with Gasteiger partial charge in [-0.2, -0.15) is 0 Å². The van der Waals surface area contributed by atoms with E-state index in [9.17, 15) is 4.79 Å². The lowest BCUT2D eigenvalue weighted by molar-refractivity contribution is 0.382. The van der Waals surface area contributed by atoms with Gasteiger partial charge in [-0.15, -0.1) is 0 Å².